The first-order valence-electron chi connectivity index (χ1n) is 12.0. The Morgan fingerprint density at radius 3 is 2.46 bits per heavy atom. The number of rotatable bonds is 5. The van der Waals surface area contributed by atoms with Crippen molar-refractivity contribution >= 4 is 23.4 Å². The van der Waals surface area contributed by atoms with Gasteiger partial charge in [-0.05, 0) is 79.3 Å². The smallest absolute Gasteiger partial charge is 0.344 e. The molecule has 1 aromatic heterocycles. The van der Waals surface area contributed by atoms with E-state index in [0.717, 1.165) is 50.4 Å². The van der Waals surface area contributed by atoms with E-state index in [0.29, 0.717) is 23.8 Å². The van der Waals surface area contributed by atoms with Gasteiger partial charge in [0.1, 0.15) is 17.2 Å². The maximum absolute atomic E-state index is 12.8. The number of hydrogen-bond donors (Lipinski definition) is 0. The van der Waals surface area contributed by atoms with Gasteiger partial charge in [0.15, 0.2) is 5.78 Å². The van der Waals surface area contributed by atoms with Crippen molar-refractivity contribution < 1.29 is 14.3 Å². The van der Waals surface area contributed by atoms with Gasteiger partial charge in [0.25, 0.3) is 0 Å². The lowest BCUT2D eigenvalue weighted by atomic mass is 9.78. The van der Waals surface area contributed by atoms with Crippen molar-refractivity contribution in [2.75, 3.05) is 26.2 Å². The van der Waals surface area contributed by atoms with Gasteiger partial charge in [-0.25, -0.2) is 4.79 Å². The van der Waals surface area contributed by atoms with Crippen LogP contribution >= 0.6 is 11.6 Å². The number of carbonyl (C=O) groups excluding carboxylic acids is 2. The quantitative estimate of drug-likeness (QED) is 0.441. The van der Waals surface area contributed by atoms with Crippen LogP contribution < -0.4 is 4.74 Å². The molecule has 5 rings (SSSR count). The van der Waals surface area contributed by atoms with Crippen molar-refractivity contribution in [2.24, 2.45) is 5.41 Å². The Labute approximate surface area is 210 Å². The number of carbonyl (C=O) groups is 2. The van der Waals surface area contributed by atoms with E-state index in [1.807, 2.05) is 41.3 Å². The Morgan fingerprint density at radius 2 is 1.74 bits per heavy atom. The van der Waals surface area contributed by atoms with Crippen LogP contribution in [0.2, 0.25) is 5.02 Å². The zero-order chi connectivity index (χ0) is 24.4. The van der Waals surface area contributed by atoms with Gasteiger partial charge in [0.05, 0.1) is 0 Å². The van der Waals surface area contributed by atoms with Crippen molar-refractivity contribution in [1.82, 2.24) is 19.6 Å². The lowest BCUT2D eigenvalue weighted by Gasteiger charge is -2.39. The number of amides is 1. The Hall–Kier alpha value is -3.16. The standard InChI is InChI=1S/C27H29ClN4O3/c1-20(33)25-9-13-32(29-25)26(34)31-15-11-27(12-16-31)10-14-30(19-27)18-21-3-2-4-24(17-21)35-23-7-5-22(28)6-8-23/h2-9,13,17H,10-12,14-16,18-19H2,1H3. The molecule has 35 heavy (non-hydrogen) atoms. The number of aromatic nitrogens is 2. The lowest BCUT2D eigenvalue weighted by Crippen LogP contribution is -2.45. The van der Waals surface area contributed by atoms with Crippen LogP contribution in [0.15, 0.2) is 60.8 Å². The van der Waals surface area contributed by atoms with Gasteiger partial charge >= 0.3 is 6.03 Å². The number of hydrogen-bond acceptors (Lipinski definition) is 5. The van der Waals surface area contributed by atoms with Gasteiger partial charge in [-0.2, -0.15) is 9.78 Å². The largest absolute Gasteiger partial charge is 0.457 e. The summed E-state index contributed by atoms with van der Waals surface area (Å²) in [5.41, 5.74) is 1.80. The minimum absolute atomic E-state index is 0.137. The maximum atomic E-state index is 12.8. The molecule has 0 unspecified atom stereocenters. The van der Waals surface area contributed by atoms with E-state index >= 15 is 0 Å². The van der Waals surface area contributed by atoms with Crippen LogP contribution in [0.25, 0.3) is 0 Å². The number of ketones is 1. The predicted octanol–water partition coefficient (Wildman–Crippen LogP) is 5.49. The fraction of sp³-hybridized carbons (Fsp3) is 0.370. The fourth-order valence-electron chi connectivity index (χ4n) is 5.11. The molecule has 0 radical (unpaired) electrons. The molecule has 8 heteroatoms. The summed E-state index contributed by atoms with van der Waals surface area (Å²) in [4.78, 5) is 28.6. The van der Waals surface area contributed by atoms with E-state index in [1.54, 1.807) is 12.3 Å². The van der Waals surface area contributed by atoms with Gasteiger partial charge in [-0.3, -0.25) is 9.69 Å². The van der Waals surface area contributed by atoms with E-state index in [1.165, 1.54) is 17.2 Å². The Balaban J connectivity index is 1.15. The second-order valence-electron chi connectivity index (χ2n) is 9.64. The molecule has 7 nitrogen and oxygen atoms in total. The van der Waals surface area contributed by atoms with Crippen molar-refractivity contribution in [3.05, 3.63) is 77.1 Å². The number of likely N-dealkylation sites (tertiary alicyclic amines) is 2. The summed E-state index contributed by atoms with van der Waals surface area (Å²) in [5, 5.41) is 4.81. The van der Waals surface area contributed by atoms with Crippen molar-refractivity contribution in [1.29, 1.82) is 0 Å². The van der Waals surface area contributed by atoms with Crippen molar-refractivity contribution in [3.8, 4) is 11.5 Å². The summed E-state index contributed by atoms with van der Waals surface area (Å²) < 4.78 is 7.28. The van der Waals surface area contributed by atoms with Crippen LogP contribution in [0.4, 0.5) is 4.79 Å². The number of nitrogens with zero attached hydrogens (tertiary/aromatic N) is 4. The van der Waals surface area contributed by atoms with Crippen molar-refractivity contribution in [3.63, 3.8) is 0 Å². The number of Topliss-reactive ketones (excluding diaryl/α,β-unsaturated/α-hetero) is 1. The predicted molar refractivity (Wildman–Crippen MR) is 134 cm³/mol. The van der Waals surface area contributed by atoms with Crippen LogP contribution in [0.5, 0.6) is 11.5 Å². The molecule has 3 aromatic rings. The van der Waals surface area contributed by atoms with Crippen LogP contribution in [0.1, 0.15) is 42.2 Å². The van der Waals surface area contributed by atoms with Crippen LogP contribution in [-0.2, 0) is 6.54 Å². The fourth-order valence-corrected chi connectivity index (χ4v) is 5.24. The first-order chi connectivity index (χ1) is 16.9. The topological polar surface area (TPSA) is 67.7 Å². The summed E-state index contributed by atoms with van der Waals surface area (Å²) >= 11 is 5.96. The zero-order valence-electron chi connectivity index (χ0n) is 19.8. The normalized spacial score (nSPS) is 17.6. The van der Waals surface area contributed by atoms with Crippen LogP contribution in [0, 0.1) is 5.41 Å². The molecular formula is C27H29ClN4O3. The summed E-state index contributed by atoms with van der Waals surface area (Å²) in [6.45, 7) is 5.85. The maximum Gasteiger partial charge on any atom is 0.344 e. The Kier molecular flexibility index (Phi) is 6.62. The van der Waals surface area contributed by atoms with E-state index in [9.17, 15) is 9.59 Å². The third-order valence-electron chi connectivity index (χ3n) is 7.11. The average molecular weight is 493 g/mol. The molecule has 0 bridgehead atoms. The molecule has 1 spiro atoms. The molecule has 0 atom stereocenters. The molecule has 2 saturated heterocycles. The number of ether oxygens (including phenoxy) is 1. The minimum atomic E-state index is -0.153. The second kappa shape index (κ2) is 9.84. The number of halogens is 1. The van der Waals surface area contributed by atoms with Crippen LogP contribution in [0.3, 0.4) is 0 Å². The molecular weight excluding hydrogens is 464 g/mol. The summed E-state index contributed by atoms with van der Waals surface area (Å²) in [5.74, 6) is 1.44. The van der Waals surface area contributed by atoms with Gasteiger partial charge in [0.2, 0.25) is 0 Å². The summed E-state index contributed by atoms with van der Waals surface area (Å²) in [6.07, 6.45) is 4.68. The molecule has 0 aliphatic carbocycles. The molecule has 2 aliphatic heterocycles. The number of piperidine rings is 1. The van der Waals surface area contributed by atoms with Gasteiger partial charge in [-0.15, -0.1) is 0 Å². The molecule has 2 aliphatic rings. The van der Waals surface area contributed by atoms with Gasteiger partial charge < -0.3 is 9.64 Å². The molecule has 3 heterocycles. The molecule has 1 amide bonds. The summed E-state index contributed by atoms with van der Waals surface area (Å²) in [6, 6.07) is 17.0. The minimum Gasteiger partial charge on any atom is -0.457 e. The van der Waals surface area contributed by atoms with Crippen molar-refractivity contribution in [2.45, 2.75) is 32.7 Å². The van der Waals surface area contributed by atoms with Gasteiger partial charge in [-0.1, -0.05) is 23.7 Å². The number of benzene rings is 2. The molecule has 2 fully saturated rings. The van der Waals surface area contributed by atoms with Gasteiger partial charge in [0, 0.05) is 44.3 Å². The molecule has 0 N–H and O–H groups in total. The highest BCUT2D eigenvalue weighted by atomic mass is 35.5. The second-order valence-corrected chi connectivity index (χ2v) is 10.1. The first kappa shape index (κ1) is 23.6. The van der Waals surface area contributed by atoms with E-state index in [2.05, 4.69) is 22.1 Å². The molecule has 182 valence electrons. The third kappa shape index (κ3) is 5.41. The SMILES string of the molecule is CC(=O)c1ccn(C(=O)N2CCC3(CCN(Cc4cccc(Oc5ccc(Cl)cc5)c4)C3)CC2)n1. The highest BCUT2D eigenvalue weighted by Crippen LogP contribution is 2.41. The molecule has 0 saturated carbocycles. The first-order valence-corrected chi connectivity index (χ1v) is 12.4. The highest BCUT2D eigenvalue weighted by molar-refractivity contribution is 6.30. The Morgan fingerprint density at radius 1 is 1.00 bits per heavy atom. The van der Waals surface area contributed by atoms with E-state index in [-0.39, 0.29) is 17.2 Å². The zero-order valence-corrected chi connectivity index (χ0v) is 20.6. The van der Waals surface area contributed by atoms with E-state index in [4.69, 9.17) is 16.3 Å². The van der Waals surface area contributed by atoms with Crippen LogP contribution in [-0.4, -0.2) is 57.6 Å². The van der Waals surface area contributed by atoms with E-state index < -0.39 is 0 Å². The average Bonchev–Trinajstić information content (AvgIpc) is 3.49. The summed E-state index contributed by atoms with van der Waals surface area (Å²) in [7, 11) is 0. The lowest BCUT2D eigenvalue weighted by molar-refractivity contribution is 0.101. The highest BCUT2D eigenvalue weighted by Gasteiger charge is 2.41. The monoisotopic (exact) mass is 492 g/mol. The third-order valence-corrected chi connectivity index (χ3v) is 7.36. The Bertz CT molecular complexity index is 1220. The molecule has 2 aromatic carbocycles.